The van der Waals surface area contributed by atoms with Crippen molar-refractivity contribution < 1.29 is 0 Å². The first-order valence-corrected chi connectivity index (χ1v) is 9.98. The Labute approximate surface area is 164 Å². The van der Waals surface area contributed by atoms with Gasteiger partial charge in [-0.2, -0.15) is 11.8 Å². The van der Waals surface area contributed by atoms with Crippen molar-refractivity contribution >= 4 is 41.7 Å². The summed E-state index contributed by atoms with van der Waals surface area (Å²) in [6, 6.07) is 0. The lowest BCUT2D eigenvalue weighted by molar-refractivity contribution is 0.223. The van der Waals surface area contributed by atoms with Crippen LogP contribution in [-0.2, 0) is 0 Å². The van der Waals surface area contributed by atoms with Gasteiger partial charge in [-0.1, -0.05) is 13.8 Å². The number of nitrogens with one attached hydrogen (secondary N) is 1. The molecule has 1 N–H and O–H groups in total. The average molecular weight is 454 g/mol. The fourth-order valence-electron chi connectivity index (χ4n) is 3.16. The van der Waals surface area contributed by atoms with Crippen LogP contribution in [0.5, 0.6) is 0 Å². The molecule has 1 unspecified atom stereocenters. The van der Waals surface area contributed by atoms with Gasteiger partial charge in [0.2, 0.25) is 0 Å². The molecule has 2 saturated heterocycles. The van der Waals surface area contributed by atoms with E-state index in [2.05, 4.69) is 54.7 Å². The number of likely N-dealkylation sites (tertiary alicyclic amines) is 1. The number of halogens is 1. The van der Waals surface area contributed by atoms with E-state index in [-0.39, 0.29) is 24.0 Å². The Morgan fingerprint density at radius 2 is 1.96 bits per heavy atom. The molecule has 0 aromatic heterocycles. The summed E-state index contributed by atoms with van der Waals surface area (Å²) in [5.41, 5.74) is 0. The van der Waals surface area contributed by atoms with Crippen LogP contribution in [0.25, 0.3) is 0 Å². The van der Waals surface area contributed by atoms with Crippen LogP contribution in [-0.4, -0.2) is 73.1 Å². The van der Waals surface area contributed by atoms with Crippen LogP contribution in [0, 0.1) is 11.8 Å². The van der Waals surface area contributed by atoms with E-state index in [4.69, 9.17) is 4.99 Å². The van der Waals surface area contributed by atoms with E-state index in [9.17, 15) is 0 Å². The first kappa shape index (κ1) is 21.4. The molecule has 1 atom stereocenters. The van der Waals surface area contributed by atoms with E-state index < -0.39 is 0 Å². The minimum atomic E-state index is 0. The molecule has 2 fully saturated rings. The third-order valence-electron chi connectivity index (χ3n) is 4.81. The van der Waals surface area contributed by atoms with Gasteiger partial charge in [0.1, 0.15) is 0 Å². The highest BCUT2D eigenvalue weighted by Gasteiger charge is 2.25. The van der Waals surface area contributed by atoms with Crippen LogP contribution in [0.3, 0.4) is 0 Å². The topological polar surface area (TPSA) is 30.9 Å². The first-order chi connectivity index (χ1) is 10.6. The maximum absolute atomic E-state index is 4.98. The van der Waals surface area contributed by atoms with E-state index in [0.717, 1.165) is 49.2 Å². The zero-order valence-corrected chi connectivity index (χ0v) is 18.4. The molecular weight excluding hydrogens is 419 g/mol. The highest BCUT2D eigenvalue weighted by atomic mass is 127. The number of nitrogens with zero attached hydrogens (tertiary/aromatic N) is 3. The molecule has 6 heteroatoms. The number of thioether (sulfide) groups is 1. The highest BCUT2D eigenvalue weighted by molar-refractivity contribution is 14.0. The summed E-state index contributed by atoms with van der Waals surface area (Å²) < 4.78 is 0. The predicted octanol–water partition coefficient (Wildman–Crippen LogP) is 2.99. The Bertz CT molecular complexity index is 357. The summed E-state index contributed by atoms with van der Waals surface area (Å²) in [6.07, 6.45) is 2.59. The van der Waals surface area contributed by atoms with Gasteiger partial charge in [-0.15, -0.1) is 24.0 Å². The van der Waals surface area contributed by atoms with Crippen LogP contribution in [0.2, 0.25) is 0 Å². The summed E-state index contributed by atoms with van der Waals surface area (Å²) in [7, 11) is 2.22. The standard InChI is InChI=1S/C17H34N4S.HI/c1-5-18-17(19-12-15-6-8-20(4)9-7-15)21-10-11-22-16(13-21)14(2)3;/h14-16H,5-13H2,1-4H3,(H,18,19);1H. The van der Waals surface area contributed by atoms with Crippen LogP contribution >= 0.6 is 35.7 Å². The molecular formula is C17H35IN4S. The summed E-state index contributed by atoms with van der Waals surface area (Å²) in [5.74, 6) is 3.88. The van der Waals surface area contributed by atoms with Crippen LogP contribution in [0.1, 0.15) is 33.6 Å². The minimum Gasteiger partial charge on any atom is -0.357 e. The van der Waals surface area contributed by atoms with E-state index >= 15 is 0 Å². The molecule has 136 valence electrons. The molecule has 0 bridgehead atoms. The molecule has 4 nitrogen and oxygen atoms in total. The summed E-state index contributed by atoms with van der Waals surface area (Å²) in [4.78, 5) is 9.90. The molecule has 0 aromatic rings. The van der Waals surface area contributed by atoms with Crippen molar-refractivity contribution in [3.05, 3.63) is 0 Å². The molecule has 0 radical (unpaired) electrons. The third-order valence-corrected chi connectivity index (χ3v) is 6.35. The van der Waals surface area contributed by atoms with Gasteiger partial charge in [0.15, 0.2) is 5.96 Å². The van der Waals surface area contributed by atoms with E-state index in [1.807, 2.05) is 0 Å². The van der Waals surface area contributed by atoms with Crippen LogP contribution in [0.15, 0.2) is 4.99 Å². The molecule has 2 aliphatic rings. The Morgan fingerprint density at radius 1 is 1.26 bits per heavy atom. The molecule has 2 rings (SSSR count). The van der Waals surface area contributed by atoms with Crippen molar-refractivity contribution in [1.82, 2.24) is 15.1 Å². The van der Waals surface area contributed by atoms with E-state index in [0.29, 0.717) is 0 Å². The fourth-order valence-corrected chi connectivity index (χ4v) is 4.46. The molecule has 2 aliphatic heterocycles. The SMILES string of the molecule is CCNC(=NCC1CCN(C)CC1)N1CCSC(C(C)C)C1.I. The lowest BCUT2D eigenvalue weighted by atomic mass is 9.97. The molecule has 0 aliphatic carbocycles. The van der Waals surface area contributed by atoms with Crippen molar-refractivity contribution in [2.75, 3.05) is 52.1 Å². The maximum atomic E-state index is 4.98. The second-order valence-corrected chi connectivity index (χ2v) is 8.39. The Hall–Kier alpha value is 0.310. The monoisotopic (exact) mass is 454 g/mol. The average Bonchev–Trinajstić information content (AvgIpc) is 2.53. The summed E-state index contributed by atoms with van der Waals surface area (Å²) >= 11 is 2.13. The Balaban J connectivity index is 0.00000264. The van der Waals surface area contributed by atoms with Gasteiger partial charge in [-0.3, -0.25) is 4.99 Å². The van der Waals surface area contributed by atoms with Crippen molar-refractivity contribution in [3.8, 4) is 0 Å². The molecule has 2 heterocycles. The fraction of sp³-hybridized carbons (Fsp3) is 0.941. The van der Waals surface area contributed by atoms with Gasteiger partial charge < -0.3 is 15.1 Å². The molecule has 0 saturated carbocycles. The van der Waals surface area contributed by atoms with Crippen molar-refractivity contribution in [2.45, 2.75) is 38.9 Å². The second kappa shape index (κ2) is 11.0. The van der Waals surface area contributed by atoms with Gasteiger partial charge in [0.25, 0.3) is 0 Å². The summed E-state index contributed by atoms with van der Waals surface area (Å²) in [6.45, 7) is 13.5. The number of guanidine groups is 1. The highest BCUT2D eigenvalue weighted by Crippen LogP contribution is 2.25. The van der Waals surface area contributed by atoms with Crippen LogP contribution in [0.4, 0.5) is 0 Å². The van der Waals surface area contributed by atoms with E-state index in [1.54, 1.807) is 0 Å². The number of hydrogen-bond donors (Lipinski definition) is 1. The first-order valence-electron chi connectivity index (χ1n) is 8.93. The van der Waals surface area contributed by atoms with Crippen molar-refractivity contribution in [2.24, 2.45) is 16.8 Å². The molecule has 0 spiro atoms. The van der Waals surface area contributed by atoms with Crippen LogP contribution < -0.4 is 5.32 Å². The Kier molecular flexibility index (Phi) is 10.2. The van der Waals surface area contributed by atoms with Crippen molar-refractivity contribution in [3.63, 3.8) is 0 Å². The quantitative estimate of drug-likeness (QED) is 0.402. The maximum Gasteiger partial charge on any atom is 0.193 e. The van der Waals surface area contributed by atoms with E-state index in [1.165, 1.54) is 31.7 Å². The zero-order chi connectivity index (χ0) is 15.9. The lowest BCUT2D eigenvalue weighted by Crippen LogP contribution is -2.49. The predicted molar refractivity (Wildman–Crippen MR) is 114 cm³/mol. The zero-order valence-electron chi connectivity index (χ0n) is 15.3. The van der Waals surface area contributed by atoms with Gasteiger partial charge in [0.05, 0.1) is 0 Å². The number of hydrogen-bond acceptors (Lipinski definition) is 3. The van der Waals surface area contributed by atoms with Crippen molar-refractivity contribution in [1.29, 1.82) is 0 Å². The number of aliphatic imine (C=N–C) groups is 1. The molecule has 0 aromatic carbocycles. The second-order valence-electron chi connectivity index (χ2n) is 7.04. The van der Waals surface area contributed by atoms with Gasteiger partial charge >= 0.3 is 0 Å². The minimum absolute atomic E-state index is 0. The summed E-state index contributed by atoms with van der Waals surface area (Å²) in [5, 5.41) is 4.25. The lowest BCUT2D eigenvalue weighted by Gasteiger charge is -2.36. The van der Waals surface area contributed by atoms with Gasteiger partial charge in [-0.25, -0.2) is 0 Å². The third kappa shape index (κ3) is 6.98. The Morgan fingerprint density at radius 3 is 2.57 bits per heavy atom. The molecule has 0 amide bonds. The number of rotatable bonds is 4. The molecule has 23 heavy (non-hydrogen) atoms. The van der Waals surface area contributed by atoms with Gasteiger partial charge in [0, 0.05) is 37.2 Å². The van der Waals surface area contributed by atoms with Gasteiger partial charge in [-0.05, 0) is 51.7 Å². The largest absolute Gasteiger partial charge is 0.357 e. The normalized spacial score (nSPS) is 24.7. The number of piperidine rings is 1. The smallest absolute Gasteiger partial charge is 0.193 e.